The van der Waals surface area contributed by atoms with E-state index in [-0.39, 0.29) is 25.5 Å². The molecule has 0 bridgehead atoms. The first-order valence-corrected chi connectivity index (χ1v) is 6.43. The average Bonchev–Trinajstić information content (AvgIpc) is 2.47. The van der Waals surface area contributed by atoms with E-state index >= 15 is 0 Å². The van der Waals surface area contributed by atoms with Gasteiger partial charge in [0.05, 0.1) is 31.1 Å². The van der Waals surface area contributed by atoms with E-state index in [2.05, 4.69) is 17.2 Å². The second-order valence-electron chi connectivity index (χ2n) is 4.06. The van der Waals surface area contributed by atoms with Crippen molar-refractivity contribution in [3.8, 4) is 11.8 Å². The maximum Gasteiger partial charge on any atom is 0.250 e. The largest absolute Gasteiger partial charge is 0.395 e. The van der Waals surface area contributed by atoms with Crippen molar-refractivity contribution in [2.75, 3.05) is 38.9 Å². The molecule has 1 rings (SSSR count). The van der Waals surface area contributed by atoms with E-state index < -0.39 is 5.82 Å². The molecule has 0 spiro atoms. The lowest BCUT2D eigenvalue weighted by Crippen LogP contribution is -2.20. The van der Waals surface area contributed by atoms with Crippen LogP contribution in [0.3, 0.4) is 0 Å². The smallest absolute Gasteiger partial charge is 0.250 e. The minimum Gasteiger partial charge on any atom is -0.395 e. The summed E-state index contributed by atoms with van der Waals surface area (Å²) < 4.78 is 23.1. The molecule has 0 aliphatic carbocycles. The number of nitrogens with one attached hydrogen (secondary N) is 1. The van der Waals surface area contributed by atoms with Crippen LogP contribution in [0.15, 0.2) is 18.2 Å². The number of aliphatic hydroxyl groups is 1. The number of ether oxygens (including phenoxy) is 2. The number of hydrogen-bond donors (Lipinski definition) is 2. The minimum atomic E-state index is -0.447. The average molecular weight is 295 g/mol. The molecule has 21 heavy (non-hydrogen) atoms. The molecule has 5 nitrogen and oxygen atoms in total. The molecule has 0 aromatic heterocycles. The summed E-state index contributed by atoms with van der Waals surface area (Å²) >= 11 is 0. The number of hydrogen-bond acceptors (Lipinski definition) is 4. The van der Waals surface area contributed by atoms with Crippen molar-refractivity contribution in [2.24, 2.45) is 0 Å². The molecular formula is C15H18FNO4. The molecule has 0 atom stereocenters. The maximum absolute atomic E-state index is 13.2. The van der Waals surface area contributed by atoms with E-state index in [1.165, 1.54) is 18.2 Å². The highest BCUT2D eigenvalue weighted by Crippen LogP contribution is 2.16. The lowest BCUT2D eigenvalue weighted by atomic mass is 10.1. The Morgan fingerprint density at radius 1 is 1.43 bits per heavy atom. The summed E-state index contributed by atoms with van der Waals surface area (Å²) in [6.07, 6.45) is 0.282. The lowest BCUT2D eigenvalue weighted by molar-refractivity contribution is -0.121. The van der Waals surface area contributed by atoms with Gasteiger partial charge in [-0.1, -0.05) is 11.8 Å². The SMILES string of the molecule is COCCOCC(=O)Nc1ccc(F)cc1C#CCCO. The summed E-state index contributed by atoms with van der Waals surface area (Å²) in [4.78, 5) is 11.7. The van der Waals surface area contributed by atoms with Crippen molar-refractivity contribution in [1.82, 2.24) is 0 Å². The molecule has 114 valence electrons. The van der Waals surface area contributed by atoms with Crippen LogP contribution in [-0.2, 0) is 14.3 Å². The number of halogens is 1. The zero-order valence-electron chi connectivity index (χ0n) is 11.8. The Kier molecular flexibility index (Phi) is 8.05. The fraction of sp³-hybridized carbons (Fsp3) is 0.400. The number of carbonyl (C=O) groups is 1. The van der Waals surface area contributed by atoms with Crippen LogP contribution in [0.5, 0.6) is 0 Å². The van der Waals surface area contributed by atoms with Crippen LogP contribution in [0.2, 0.25) is 0 Å². The van der Waals surface area contributed by atoms with Gasteiger partial charge in [-0.05, 0) is 18.2 Å². The molecule has 0 radical (unpaired) electrons. The van der Waals surface area contributed by atoms with Gasteiger partial charge in [-0.15, -0.1) is 0 Å². The first-order chi connectivity index (χ1) is 10.2. The lowest BCUT2D eigenvalue weighted by Gasteiger charge is -2.08. The van der Waals surface area contributed by atoms with Gasteiger partial charge >= 0.3 is 0 Å². The summed E-state index contributed by atoms with van der Waals surface area (Å²) in [7, 11) is 1.54. The molecule has 0 unspecified atom stereocenters. The predicted octanol–water partition coefficient (Wildman–Crippen LogP) is 1.16. The number of carbonyl (C=O) groups excluding carboxylic acids is 1. The summed E-state index contributed by atoms with van der Waals surface area (Å²) in [5.41, 5.74) is 0.760. The fourth-order valence-corrected chi connectivity index (χ4v) is 1.44. The van der Waals surface area contributed by atoms with Crippen molar-refractivity contribution in [3.63, 3.8) is 0 Å². The molecule has 6 heteroatoms. The van der Waals surface area contributed by atoms with E-state index in [1.807, 2.05) is 0 Å². The highest BCUT2D eigenvalue weighted by molar-refractivity contribution is 5.93. The molecule has 0 saturated carbocycles. The first-order valence-electron chi connectivity index (χ1n) is 6.43. The highest BCUT2D eigenvalue weighted by atomic mass is 19.1. The quantitative estimate of drug-likeness (QED) is 0.585. The van der Waals surface area contributed by atoms with Gasteiger partial charge in [0.15, 0.2) is 0 Å². The standard InChI is InChI=1S/C15H18FNO4/c1-20-8-9-21-11-15(19)17-14-6-5-13(16)10-12(14)4-2-3-7-18/h5-6,10,18H,3,7-9,11H2,1H3,(H,17,19). The third kappa shape index (κ3) is 6.86. The van der Waals surface area contributed by atoms with E-state index in [9.17, 15) is 9.18 Å². The molecule has 0 heterocycles. The van der Waals surface area contributed by atoms with Gasteiger partial charge in [-0.3, -0.25) is 4.79 Å². The molecule has 1 aromatic carbocycles. The Bertz CT molecular complexity index is 522. The topological polar surface area (TPSA) is 67.8 Å². The molecule has 2 N–H and O–H groups in total. The summed E-state index contributed by atoms with van der Waals surface area (Å²) in [6, 6.07) is 3.90. The highest BCUT2D eigenvalue weighted by Gasteiger charge is 2.07. The molecule has 0 fully saturated rings. The number of methoxy groups -OCH3 is 1. The van der Waals surface area contributed by atoms with Crippen molar-refractivity contribution >= 4 is 11.6 Å². The van der Waals surface area contributed by atoms with E-state index in [0.29, 0.717) is 24.5 Å². The Balaban J connectivity index is 2.65. The Hall–Kier alpha value is -1.94. The molecule has 1 aromatic rings. The third-order valence-corrected chi connectivity index (χ3v) is 2.38. The zero-order valence-corrected chi connectivity index (χ0v) is 11.8. The van der Waals surface area contributed by atoms with Crippen LogP contribution in [0, 0.1) is 17.7 Å². The number of amides is 1. The van der Waals surface area contributed by atoms with Crippen LogP contribution in [0.4, 0.5) is 10.1 Å². The van der Waals surface area contributed by atoms with Gasteiger partial charge < -0.3 is 19.9 Å². The molecule has 0 aliphatic rings. The fourth-order valence-electron chi connectivity index (χ4n) is 1.44. The monoisotopic (exact) mass is 295 g/mol. The molecule has 1 amide bonds. The maximum atomic E-state index is 13.2. The first kappa shape index (κ1) is 17.1. The van der Waals surface area contributed by atoms with Gasteiger partial charge in [0.1, 0.15) is 12.4 Å². The van der Waals surface area contributed by atoms with Crippen molar-refractivity contribution < 1.29 is 23.8 Å². The van der Waals surface area contributed by atoms with Crippen molar-refractivity contribution in [2.45, 2.75) is 6.42 Å². The van der Waals surface area contributed by atoms with E-state index in [0.717, 1.165) is 0 Å². The van der Waals surface area contributed by atoms with Crippen LogP contribution in [-0.4, -0.2) is 44.6 Å². The molecule has 0 saturated heterocycles. The van der Waals surface area contributed by atoms with E-state index in [1.54, 1.807) is 7.11 Å². The third-order valence-electron chi connectivity index (χ3n) is 2.38. The second kappa shape index (κ2) is 9.88. The number of rotatable bonds is 7. The number of anilines is 1. The number of benzene rings is 1. The number of aliphatic hydroxyl groups excluding tert-OH is 1. The van der Waals surface area contributed by atoms with Gasteiger partial charge in [0.25, 0.3) is 0 Å². The Morgan fingerprint density at radius 3 is 2.95 bits per heavy atom. The van der Waals surface area contributed by atoms with Gasteiger partial charge in [0.2, 0.25) is 5.91 Å². The van der Waals surface area contributed by atoms with Crippen LogP contribution < -0.4 is 5.32 Å². The predicted molar refractivity (Wildman–Crippen MR) is 76.3 cm³/mol. The molecule has 0 aliphatic heterocycles. The van der Waals surface area contributed by atoms with Crippen molar-refractivity contribution in [3.05, 3.63) is 29.6 Å². The minimum absolute atomic E-state index is 0.0721. The zero-order chi connectivity index (χ0) is 15.5. The summed E-state index contributed by atoms with van der Waals surface area (Å²) in [5, 5.41) is 11.3. The van der Waals surface area contributed by atoms with E-state index in [4.69, 9.17) is 14.6 Å². The van der Waals surface area contributed by atoms with Gasteiger partial charge in [-0.2, -0.15) is 0 Å². The van der Waals surface area contributed by atoms with Gasteiger partial charge in [-0.25, -0.2) is 4.39 Å². The Labute approximate surface area is 123 Å². The van der Waals surface area contributed by atoms with Crippen LogP contribution in [0.25, 0.3) is 0 Å². The summed E-state index contributed by atoms with van der Waals surface area (Å²) in [5.74, 6) is 4.59. The van der Waals surface area contributed by atoms with Gasteiger partial charge in [0, 0.05) is 13.5 Å². The molecular weight excluding hydrogens is 277 g/mol. The second-order valence-corrected chi connectivity index (χ2v) is 4.06. The summed E-state index contributed by atoms with van der Waals surface area (Å²) in [6.45, 7) is 0.528. The van der Waals surface area contributed by atoms with Crippen LogP contribution in [0.1, 0.15) is 12.0 Å². The normalized spacial score (nSPS) is 9.86. The van der Waals surface area contributed by atoms with Crippen LogP contribution >= 0.6 is 0 Å². The Morgan fingerprint density at radius 2 is 2.24 bits per heavy atom. The van der Waals surface area contributed by atoms with Crippen molar-refractivity contribution in [1.29, 1.82) is 0 Å².